The summed E-state index contributed by atoms with van der Waals surface area (Å²) in [6.45, 7) is 9.26. The second kappa shape index (κ2) is 9.65. The molecule has 2 aromatic rings. The summed E-state index contributed by atoms with van der Waals surface area (Å²) in [4.78, 5) is 27.0. The Morgan fingerprint density at radius 1 is 1.10 bits per heavy atom. The van der Waals surface area contributed by atoms with Crippen molar-refractivity contribution in [3.05, 3.63) is 53.6 Å². The maximum absolute atomic E-state index is 12.8. The van der Waals surface area contributed by atoms with Crippen LogP contribution in [0.15, 0.2) is 42.5 Å². The number of carbonyl (C=O) groups is 2. The van der Waals surface area contributed by atoms with E-state index in [1.54, 1.807) is 4.90 Å². The van der Waals surface area contributed by atoms with Gasteiger partial charge < -0.3 is 19.7 Å². The first-order chi connectivity index (χ1) is 14.4. The van der Waals surface area contributed by atoms with Gasteiger partial charge >= 0.3 is 0 Å². The fourth-order valence-corrected chi connectivity index (χ4v) is 3.61. The summed E-state index contributed by atoms with van der Waals surface area (Å²) in [7, 11) is 0. The van der Waals surface area contributed by atoms with Gasteiger partial charge in [-0.15, -0.1) is 0 Å². The van der Waals surface area contributed by atoms with Gasteiger partial charge in [0.1, 0.15) is 0 Å². The molecule has 0 radical (unpaired) electrons. The molecule has 30 heavy (non-hydrogen) atoms. The van der Waals surface area contributed by atoms with Crippen molar-refractivity contribution in [1.82, 2.24) is 5.32 Å². The van der Waals surface area contributed by atoms with Crippen molar-refractivity contribution in [3.63, 3.8) is 0 Å². The third-order valence-corrected chi connectivity index (χ3v) is 5.27. The number of benzene rings is 2. The average molecular weight is 411 g/mol. The van der Waals surface area contributed by atoms with Crippen LogP contribution in [0.4, 0.5) is 5.69 Å². The lowest BCUT2D eigenvalue weighted by atomic mass is 10.0. The molecule has 0 aliphatic carbocycles. The van der Waals surface area contributed by atoms with E-state index in [1.165, 1.54) is 0 Å². The fraction of sp³-hybridized carbons (Fsp3) is 0.417. The number of carbonyl (C=O) groups excluding carboxylic acids is 2. The van der Waals surface area contributed by atoms with E-state index in [4.69, 9.17) is 9.47 Å². The van der Waals surface area contributed by atoms with Gasteiger partial charge in [-0.3, -0.25) is 9.59 Å². The summed E-state index contributed by atoms with van der Waals surface area (Å²) in [5.74, 6) is 0.857. The van der Waals surface area contributed by atoms with Gasteiger partial charge in [0.2, 0.25) is 11.8 Å². The lowest BCUT2D eigenvalue weighted by Crippen LogP contribution is -2.34. The van der Waals surface area contributed by atoms with Crippen LogP contribution in [0, 0.1) is 12.8 Å². The standard InChI is InChI=1S/C24H30N2O4/c1-5-29-21-12-9-18(13-22(21)30-6-2)17(4)25-24(28)19-14-23(27)26(15-19)20-10-7-16(3)8-11-20/h7-13,17,19H,5-6,14-15H2,1-4H3,(H,25,28). The third kappa shape index (κ3) is 4.93. The zero-order valence-corrected chi connectivity index (χ0v) is 18.1. The number of aryl methyl sites for hydroxylation is 1. The predicted octanol–water partition coefficient (Wildman–Crippen LogP) is 4.02. The Hall–Kier alpha value is -3.02. The first kappa shape index (κ1) is 21.7. The zero-order chi connectivity index (χ0) is 21.7. The van der Waals surface area contributed by atoms with Gasteiger partial charge in [-0.1, -0.05) is 23.8 Å². The summed E-state index contributed by atoms with van der Waals surface area (Å²) in [5, 5.41) is 3.05. The van der Waals surface area contributed by atoms with Crippen molar-refractivity contribution in [2.24, 2.45) is 5.92 Å². The van der Waals surface area contributed by atoms with Crippen LogP contribution < -0.4 is 19.7 Å². The van der Waals surface area contributed by atoms with E-state index < -0.39 is 0 Å². The van der Waals surface area contributed by atoms with Gasteiger partial charge in [-0.25, -0.2) is 0 Å². The molecule has 2 unspecified atom stereocenters. The monoisotopic (exact) mass is 410 g/mol. The molecule has 0 aromatic heterocycles. The molecule has 1 aliphatic rings. The van der Waals surface area contributed by atoms with Crippen molar-refractivity contribution in [2.75, 3.05) is 24.7 Å². The van der Waals surface area contributed by atoms with Crippen molar-refractivity contribution in [1.29, 1.82) is 0 Å². The summed E-state index contributed by atoms with van der Waals surface area (Å²) < 4.78 is 11.3. The molecule has 6 nitrogen and oxygen atoms in total. The SMILES string of the molecule is CCOc1ccc(C(C)NC(=O)C2CC(=O)N(c3ccc(C)cc3)C2)cc1OCC. The van der Waals surface area contributed by atoms with Crippen LogP contribution >= 0.6 is 0 Å². The lowest BCUT2D eigenvalue weighted by Gasteiger charge is -2.20. The molecule has 0 spiro atoms. The topological polar surface area (TPSA) is 67.9 Å². The molecule has 2 atom stereocenters. The molecule has 0 saturated carbocycles. The van der Waals surface area contributed by atoms with Crippen molar-refractivity contribution >= 4 is 17.5 Å². The Bertz CT molecular complexity index is 895. The van der Waals surface area contributed by atoms with Gasteiger partial charge in [-0.05, 0) is 57.5 Å². The van der Waals surface area contributed by atoms with Crippen molar-refractivity contribution in [2.45, 2.75) is 40.2 Å². The normalized spacial score (nSPS) is 17.0. The van der Waals surface area contributed by atoms with Gasteiger partial charge in [-0.2, -0.15) is 0 Å². The molecule has 2 aromatic carbocycles. The number of rotatable bonds is 8. The van der Waals surface area contributed by atoms with E-state index in [2.05, 4.69) is 5.32 Å². The molecule has 1 N–H and O–H groups in total. The van der Waals surface area contributed by atoms with Gasteiger partial charge in [0.05, 0.1) is 25.2 Å². The first-order valence-corrected chi connectivity index (χ1v) is 10.5. The predicted molar refractivity (Wildman–Crippen MR) is 117 cm³/mol. The summed E-state index contributed by atoms with van der Waals surface area (Å²) in [5.41, 5.74) is 2.90. The van der Waals surface area contributed by atoms with Gasteiger partial charge in [0, 0.05) is 18.7 Å². The fourth-order valence-electron chi connectivity index (χ4n) is 3.61. The molecular formula is C24H30N2O4. The van der Waals surface area contributed by atoms with Crippen LogP contribution in [0.25, 0.3) is 0 Å². The maximum Gasteiger partial charge on any atom is 0.227 e. The Kier molecular flexibility index (Phi) is 6.98. The molecule has 1 heterocycles. The first-order valence-electron chi connectivity index (χ1n) is 10.5. The molecule has 1 fully saturated rings. The smallest absolute Gasteiger partial charge is 0.227 e. The van der Waals surface area contributed by atoms with E-state index >= 15 is 0 Å². The Morgan fingerprint density at radius 2 is 1.77 bits per heavy atom. The minimum Gasteiger partial charge on any atom is -0.490 e. The highest BCUT2D eigenvalue weighted by Crippen LogP contribution is 2.31. The number of ether oxygens (including phenoxy) is 2. The van der Waals surface area contributed by atoms with E-state index in [0.717, 1.165) is 16.8 Å². The highest BCUT2D eigenvalue weighted by Gasteiger charge is 2.35. The zero-order valence-electron chi connectivity index (χ0n) is 18.1. The van der Waals surface area contributed by atoms with E-state index in [9.17, 15) is 9.59 Å². The van der Waals surface area contributed by atoms with Crippen LogP contribution in [0.1, 0.15) is 44.4 Å². The number of amides is 2. The molecular weight excluding hydrogens is 380 g/mol. The molecule has 1 saturated heterocycles. The minimum absolute atomic E-state index is 0.0219. The average Bonchev–Trinajstić information content (AvgIpc) is 3.12. The second-order valence-corrected chi connectivity index (χ2v) is 7.54. The summed E-state index contributed by atoms with van der Waals surface area (Å²) in [6.07, 6.45) is 0.222. The van der Waals surface area contributed by atoms with Crippen LogP contribution in [-0.4, -0.2) is 31.6 Å². The summed E-state index contributed by atoms with van der Waals surface area (Å²) in [6, 6.07) is 13.3. The lowest BCUT2D eigenvalue weighted by molar-refractivity contribution is -0.126. The van der Waals surface area contributed by atoms with Crippen LogP contribution in [-0.2, 0) is 9.59 Å². The number of nitrogens with one attached hydrogen (secondary N) is 1. The molecule has 3 rings (SSSR count). The summed E-state index contributed by atoms with van der Waals surface area (Å²) >= 11 is 0. The van der Waals surface area contributed by atoms with Gasteiger partial charge in [0.25, 0.3) is 0 Å². The number of hydrogen-bond donors (Lipinski definition) is 1. The minimum atomic E-state index is -0.365. The number of nitrogens with zero attached hydrogens (tertiary/aromatic N) is 1. The molecule has 160 valence electrons. The van der Waals surface area contributed by atoms with Crippen LogP contribution in [0.3, 0.4) is 0 Å². The Labute approximate surface area is 178 Å². The quantitative estimate of drug-likeness (QED) is 0.714. The maximum atomic E-state index is 12.8. The van der Waals surface area contributed by atoms with E-state index in [1.807, 2.05) is 70.2 Å². The number of hydrogen-bond acceptors (Lipinski definition) is 4. The molecule has 1 aliphatic heterocycles. The van der Waals surface area contributed by atoms with Gasteiger partial charge in [0.15, 0.2) is 11.5 Å². The Balaban J connectivity index is 1.66. The third-order valence-electron chi connectivity index (χ3n) is 5.27. The van der Waals surface area contributed by atoms with Crippen molar-refractivity contribution in [3.8, 4) is 11.5 Å². The Morgan fingerprint density at radius 3 is 2.43 bits per heavy atom. The molecule has 2 amide bonds. The van der Waals surface area contributed by atoms with E-state index in [0.29, 0.717) is 31.3 Å². The van der Waals surface area contributed by atoms with Crippen LogP contribution in [0.5, 0.6) is 11.5 Å². The highest BCUT2D eigenvalue weighted by atomic mass is 16.5. The second-order valence-electron chi connectivity index (χ2n) is 7.54. The number of anilines is 1. The largest absolute Gasteiger partial charge is 0.490 e. The van der Waals surface area contributed by atoms with E-state index in [-0.39, 0.29) is 30.2 Å². The van der Waals surface area contributed by atoms with Crippen LogP contribution in [0.2, 0.25) is 0 Å². The molecule has 0 bridgehead atoms. The highest BCUT2D eigenvalue weighted by molar-refractivity contribution is 6.00. The molecule has 6 heteroatoms. The van der Waals surface area contributed by atoms with Crippen molar-refractivity contribution < 1.29 is 19.1 Å².